The molecule has 0 aliphatic carbocycles. The molecule has 2 saturated heterocycles. The molecule has 7 heteroatoms. The van der Waals surface area contributed by atoms with Crippen LogP contribution in [0.15, 0.2) is 12.1 Å². The number of rotatable bonds is 1. The van der Waals surface area contributed by atoms with E-state index in [1.807, 2.05) is 25.7 Å². The lowest BCUT2D eigenvalue weighted by Gasteiger charge is -2.41. The number of hydrogen-bond donors (Lipinski definition) is 1. The normalized spacial score (nSPS) is 22.6. The zero-order chi connectivity index (χ0) is 19.0. The summed E-state index contributed by atoms with van der Waals surface area (Å²) >= 11 is 0. The van der Waals surface area contributed by atoms with E-state index in [0.717, 1.165) is 50.8 Å². The summed E-state index contributed by atoms with van der Waals surface area (Å²) in [5, 5.41) is 3.61. The molecule has 148 valence electrons. The number of fused-ring (bicyclic) bond motifs is 4. The summed E-state index contributed by atoms with van der Waals surface area (Å²) in [5.41, 5.74) is 0.766. The average molecular weight is 374 g/mol. The molecule has 1 aromatic rings. The van der Waals surface area contributed by atoms with E-state index >= 15 is 0 Å². The Bertz CT molecular complexity index is 702. The highest BCUT2D eigenvalue weighted by molar-refractivity contribution is 5.72. The van der Waals surface area contributed by atoms with E-state index in [-0.39, 0.29) is 6.09 Å². The van der Waals surface area contributed by atoms with Gasteiger partial charge in [-0.3, -0.25) is 0 Å². The molecule has 1 N–H and O–H groups in total. The molecule has 0 unspecified atom stereocenters. The second-order valence-corrected chi connectivity index (χ2v) is 8.77. The second-order valence-electron chi connectivity index (χ2n) is 8.77. The predicted molar refractivity (Wildman–Crippen MR) is 108 cm³/mol. The van der Waals surface area contributed by atoms with Crippen molar-refractivity contribution in [2.45, 2.75) is 51.7 Å². The van der Waals surface area contributed by atoms with Crippen LogP contribution in [0.4, 0.5) is 22.1 Å². The molecule has 3 aliphatic rings. The number of nitrogens with one attached hydrogen (secondary N) is 1. The Kier molecular flexibility index (Phi) is 4.78. The molecule has 0 saturated carbocycles. The topological polar surface area (TPSA) is 60.9 Å². The smallest absolute Gasteiger partial charge is 0.410 e. The summed E-state index contributed by atoms with van der Waals surface area (Å²) in [6.45, 7) is 11.0. The van der Waals surface area contributed by atoms with Gasteiger partial charge in [-0.25, -0.2) is 9.78 Å². The second kappa shape index (κ2) is 7.09. The van der Waals surface area contributed by atoms with Gasteiger partial charge in [0, 0.05) is 45.3 Å². The molecule has 7 nitrogen and oxygen atoms in total. The van der Waals surface area contributed by atoms with E-state index in [1.165, 1.54) is 18.5 Å². The molecule has 2 bridgehead atoms. The highest BCUT2D eigenvalue weighted by Crippen LogP contribution is 2.34. The fourth-order valence-electron chi connectivity index (χ4n) is 4.14. The van der Waals surface area contributed by atoms with Crippen LogP contribution in [0.5, 0.6) is 0 Å². The number of pyridine rings is 1. The molecule has 2 fully saturated rings. The summed E-state index contributed by atoms with van der Waals surface area (Å²) in [5.74, 6) is 2.00. The number of piperidine rings is 1. The summed E-state index contributed by atoms with van der Waals surface area (Å²) in [6.07, 6.45) is 3.16. The minimum atomic E-state index is -0.456. The number of amides is 1. The molecule has 4 heterocycles. The summed E-state index contributed by atoms with van der Waals surface area (Å²) in [7, 11) is 0. The highest BCUT2D eigenvalue weighted by atomic mass is 16.6. The van der Waals surface area contributed by atoms with Crippen LogP contribution in [-0.2, 0) is 4.74 Å². The van der Waals surface area contributed by atoms with E-state index in [9.17, 15) is 4.79 Å². The maximum atomic E-state index is 12.4. The fraction of sp³-hybridized carbons (Fsp3) is 0.700. The minimum absolute atomic E-state index is 0.218. The number of aromatic nitrogens is 1. The molecule has 1 aromatic heterocycles. The van der Waals surface area contributed by atoms with Crippen LogP contribution < -0.4 is 15.1 Å². The lowest BCUT2D eigenvalue weighted by molar-refractivity contribution is 0.0263. The zero-order valence-corrected chi connectivity index (χ0v) is 16.7. The standard InChI is InChI=1S/C20H31N5O2/c1-20(2,3)27-19(26)24-11-5-10-23(12-13-24)17-8-7-16-18(22-17)21-15-6-4-9-25(16)14-15/h7-8,15H,4-6,9-14H2,1-3H3,(H,21,22)/t15-/m0/s1. The Labute approximate surface area is 161 Å². The third kappa shape index (κ3) is 4.06. The summed E-state index contributed by atoms with van der Waals surface area (Å²) < 4.78 is 5.53. The molecule has 4 rings (SSSR count). The van der Waals surface area contributed by atoms with Crippen molar-refractivity contribution in [2.24, 2.45) is 0 Å². The van der Waals surface area contributed by atoms with Gasteiger partial charge >= 0.3 is 6.09 Å². The van der Waals surface area contributed by atoms with Gasteiger partial charge < -0.3 is 24.8 Å². The largest absolute Gasteiger partial charge is 0.444 e. The monoisotopic (exact) mass is 373 g/mol. The highest BCUT2D eigenvalue weighted by Gasteiger charge is 2.29. The first kappa shape index (κ1) is 18.2. The summed E-state index contributed by atoms with van der Waals surface area (Å²) in [6, 6.07) is 4.84. The van der Waals surface area contributed by atoms with Gasteiger partial charge in [-0.05, 0) is 52.2 Å². The number of ether oxygens (including phenoxy) is 1. The van der Waals surface area contributed by atoms with E-state index in [2.05, 4.69) is 27.2 Å². The molecule has 1 amide bonds. The summed E-state index contributed by atoms with van der Waals surface area (Å²) in [4.78, 5) is 23.8. The van der Waals surface area contributed by atoms with Gasteiger partial charge in [0.15, 0.2) is 5.82 Å². The van der Waals surface area contributed by atoms with Crippen molar-refractivity contribution in [2.75, 3.05) is 54.4 Å². The van der Waals surface area contributed by atoms with Crippen LogP contribution in [0.1, 0.15) is 40.0 Å². The van der Waals surface area contributed by atoms with Gasteiger partial charge in [-0.2, -0.15) is 0 Å². The van der Waals surface area contributed by atoms with E-state index < -0.39 is 5.60 Å². The molecule has 0 spiro atoms. The van der Waals surface area contributed by atoms with Crippen LogP contribution in [0.2, 0.25) is 0 Å². The maximum Gasteiger partial charge on any atom is 0.410 e. The van der Waals surface area contributed by atoms with E-state index in [0.29, 0.717) is 12.6 Å². The molecule has 3 aliphatic heterocycles. The molecule has 0 radical (unpaired) electrons. The maximum absolute atomic E-state index is 12.4. The third-order valence-corrected chi connectivity index (χ3v) is 5.43. The quantitative estimate of drug-likeness (QED) is 0.817. The zero-order valence-electron chi connectivity index (χ0n) is 16.7. The van der Waals surface area contributed by atoms with Gasteiger partial charge in [0.1, 0.15) is 11.4 Å². The van der Waals surface area contributed by atoms with Crippen molar-refractivity contribution in [3.05, 3.63) is 12.1 Å². The van der Waals surface area contributed by atoms with Crippen molar-refractivity contribution < 1.29 is 9.53 Å². The SMILES string of the molecule is CC(C)(C)OC(=O)N1CCCN(c2ccc3c(n2)N[C@H]2CCCN3C2)CC1. The van der Waals surface area contributed by atoms with Crippen molar-refractivity contribution in [3.63, 3.8) is 0 Å². The van der Waals surface area contributed by atoms with Gasteiger partial charge in [0.2, 0.25) is 0 Å². The minimum Gasteiger partial charge on any atom is -0.444 e. The fourth-order valence-corrected chi connectivity index (χ4v) is 4.14. The lowest BCUT2D eigenvalue weighted by atomic mass is 10.0. The van der Waals surface area contributed by atoms with Crippen LogP contribution in [0.25, 0.3) is 0 Å². The van der Waals surface area contributed by atoms with Crippen molar-refractivity contribution in [1.82, 2.24) is 9.88 Å². The first-order chi connectivity index (χ1) is 12.9. The Morgan fingerprint density at radius 2 is 1.93 bits per heavy atom. The predicted octanol–water partition coefficient (Wildman–Crippen LogP) is 2.92. The van der Waals surface area contributed by atoms with Gasteiger partial charge in [-0.15, -0.1) is 0 Å². The molecule has 0 aromatic carbocycles. The molecule has 27 heavy (non-hydrogen) atoms. The van der Waals surface area contributed by atoms with E-state index in [1.54, 1.807) is 0 Å². The van der Waals surface area contributed by atoms with Gasteiger partial charge in [-0.1, -0.05) is 0 Å². The van der Waals surface area contributed by atoms with Crippen LogP contribution in [0, 0.1) is 0 Å². The Balaban J connectivity index is 1.44. The third-order valence-electron chi connectivity index (χ3n) is 5.43. The van der Waals surface area contributed by atoms with Gasteiger partial charge in [0.05, 0.1) is 5.69 Å². The molecule has 1 atom stereocenters. The van der Waals surface area contributed by atoms with Gasteiger partial charge in [0.25, 0.3) is 0 Å². The van der Waals surface area contributed by atoms with Crippen molar-refractivity contribution in [1.29, 1.82) is 0 Å². The number of hydrogen-bond acceptors (Lipinski definition) is 6. The number of carbonyl (C=O) groups is 1. The van der Waals surface area contributed by atoms with E-state index in [4.69, 9.17) is 9.72 Å². The first-order valence-corrected chi connectivity index (χ1v) is 10.1. The Morgan fingerprint density at radius 3 is 2.74 bits per heavy atom. The van der Waals surface area contributed by atoms with Crippen molar-refractivity contribution in [3.8, 4) is 0 Å². The molecular formula is C20H31N5O2. The lowest BCUT2D eigenvalue weighted by Crippen LogP contribution is -2.46. The Hall–Kier alpha value is -2.18. The first-order valence-electron chi connectivity index (χ1n) is 10.1. The van der Waals surface area contributed by atoms with Crippen molar-refractivity contribution >= 4 is 23.4 Å². The number of anilines is 3. The molecular weight excluding hydrogens is 342 g/mol. The van der Waals surface area contributed by atoms with Crippen LogP contribution in [-0.4, -0.2) is 66.9 Å². The van der Waals surface area contributed by atoms with Crippen LogP contribution >= 0.6 is 0 Å². The average Bonchev–Trinajstić information content (AvgIpc) is 2.86. The number of carbonyl (C=O) groups excluding carboxylic acids is 1. The Morgan fingerprint density at radius 1 is 1.11 bits per heavy atom. The van der Waals surface area contributed by atoms with Crippen LogP contribution in [0.3, 0.4) is 0 Å². The number of nitrogens with zero attached hydrogens (tertiary/aromatic N) is 4.